The van der Waals surface area contributed by atoms with Gasteiger partial charge >= 0.3 is 0 Å². The Labute approximate surface area is 206 Å². The zero-order chi connectivity index (χ0) is 25.8. The first-order valence-corrected chi connectivity index (χ1v) is 14.1. The Morgan fingerprint density at radius 2 is 1.43 bits per heavy atom. The minimum atomic E-state index is -4.04. The summed E-state index contributed by atoms with van der Waals surface area (Å²) < 4.78 is 56.5. The van der Waals surface area contributed by atoms with Crippen molar-refractivity contribution in [1.82, 2.24) is 5.32 Å². The van der Waals surface area contributed by atoms with Crippen LogP contribution in [0.4, 0.5) is 5.69 Å². The molecule has 8 nitrogen and oxygen atoms in total. The third kappa shape index (κ3) is 6.40. The second-order valence-corrected chi connectivity index (χ2v) is 12.0. The summed E-state index contributed by atoms with van der Waals surface area (Å²) in [5.74, 6) is 0.0354. The van der Waals surface area contributed by atoms with Gasteiger partial charge in [0, 0.05) is 6.26 Å². The van der Waals surface area contributed by atoms with Crippen LogP contribution in [-0.2, 0) is 24.7 Å². The Hall–Kier alpha value is -3.37. The molecule has 186 valence electrons. The van der Waals surface area contributed by atoms with Crippen molar-refractivity contribution in [2.45, 2.75) is 29.7 Å². The summed E-state index contributed by atoms with van der Waals surface area (Å²) >= 11 is 0. The van der Waals surface area contributed by atoms with Crippen LogP contribution in [0.5, 0.6) is 5.75 Å². The van der Waals surface area contributed by atoms with Gasteiger partial charge in [0.15, 0.2) is 9.84 Å². The van der Waals surface area contributed by atoms with Gasteiger partial charge in [-0.1, -0.05) is 29.8 Å². The summed E-state index contributed by atoms with van der Waals surface area (Å²) in [7, 11) is -5.87. The number of benzene rings is 3. The van der Waals surface area contributed by atoms with Crippen molar-refractivity contribution in [2.24, 2.45) is 0 Å². The topological polar surface area (TPSA) is 110 Å². The molecule has 1 amide bonds. The quantitative estimate of drug-likeness (QED) is 0.466. The molecule has 0 saturated heterocycles. The van der Waals surface area contributed by atoms with Crippen LogP contribution in [0.1, 0.15) is 24.1 Å². The van der Waals surface area contributed by atoms with Crippen LogP contribution in [0.3, 0.4) is 0 Å². The average molecular weight is 517 g/mol. The molecule has 0 unspecified atom stereocenters. The lowest BCUT2D eigenvalue weighted by Crippen LogP contribution is -2.41. The molecular weight excluding hydrogens is 488 g/mol. The van der Waals surface area contributed by atoms with E-state index in [9.17, 15) is 21.6 Å². The van der Waals surface area contributed by atoms with Crippen LogP contribution >= 0.6 is 0 Å². The van der Waals surface area contributed by atoms with Gasteiger partial charge in [-0.2, -0.15) is 0 Å². The van der Waals surface area contributed by atoms with E-state index in [0.29, 0.717) is 17.0 Å². The molecule has 0 aliphatic carbocycles. The van der Waals surface area contributed by atoms with E-state index in [-0.39, 0.29) is 9.79 Å². The number of hydrogen-bond acceptors (Lipinski definition) is 6. The third-order valence-corrected chi connectivity index (χ3v) is 8.36. The number of nitrogens with one attached hydrogen (secondary N) is 1. The summed E-state index contributed by atoms with van der Waals surface area (Å²) in [5.41, 5.74) is 1.91. The Bertz CT molecular complexity index is 1380. The lowest BCUT2D eigenvalue weighted by atomic mass is 10.1. The highest BCUT2D eigenvalue weighted by atomic mass is 32.2. The number of nitrogens with zero attached hydrogens (tertiary/aromatic N) is 1. The predicted octanol–water partition coefficient (Wildman–Crippen LogP) is 3.48. The Morgan fingerprint density at radius 3 is 1.94 bits per heavy atom. The molecule has 0 bridgehead atoms. The normalized spacial score (nSPS) is 12.6. The number of carbonyl (C=O) groups is 1. The van der Waals surface area contributed by atoms with E-state index in [0.717, 1.165) is 16.1 Å². The highest BCUT2D eigenvalue weighted by molar-refractivity contribution is 7.93. The molecular formula is C25H28N2O6S2. The van der Waals surface area contributed by atoms with Crippen molar-refractivity contribution in [2.75, 3.05) is 24.2 Å². The van der Waals surface area contributed by atoms with E-state index in [2.05, 4.69) is 5.32 Å². The number of methoxy groups -OCH3 is 1. The summed E-state index contributed by atoms with van der Waals surface area (Å²) in [6.07, 6.45) is 1.12. The minimum Gasteiger partial charge on any atom is -0.497 e. The van der Waals surface area contributed by atoms with Gasteiger partial charge in [0.25, 0.3) is 10.0 Å². The van der Waals surface area contributed by atoms with E-state index in [4.69, 9.17) is 4.74 Å². The number of aryl methyl sites for hydroxylation is 1. The number of ether oxygens (including phenoxy) is 1. The maximum absolute atomic E-state index is 13.5. The van der Waals surface area contributed by atoms with Gasteiger partial charge in [0.2, 0.25) is 5.91 Å². The second-order valence-electron chi connectivity index (χ2n) is 8.15. The smallest absolute Gasteiger partial charge is 0.264 e. The van der Waals surface area contributed by atoms with Crippen LogP contribution in [0.15, 0.2) is 82.6 Å². The highest BCUT2D eigenvalue weighted by Crippen LogP contribution is 2.26. The SMILES string of the molecule is COc1ccc(N(CC(=O)N[C@H](C)c2ccc(S(C)(=O)=O)cc2)S(=O)(=O)c2ccc(C)cc2)cc1. The molecule has 0 aliphatic heterocycles. The molecule has 0 fully saturated rings. The van der Waals surface area contributed by atoms with Gasteiger partial charge in [-0.25, -0.2) is 16.8 Å². The van der Waals surface area contributed by atoms with Crippen LogP contribution in [-0.4, -0.2) is 42.7 Å². The molecule has 3 rings (SSSR count). The fourth-order valence-corrected chi connectivity index (χ4v) is 5.46. The molecule has 3 aromatic rings. The number of anilines is 1. The Balaban J connectivity index is 1.86. The van der Waals surface area contributed by atoms with E-state index >= 15 is 0 Å². The van der Waals surface area contributed by atoms with Crippen molar-refractivity contribution in [1.29, 1.82) is 0 Å². The van der Waals surface area contributed by atoms with Crippen LogP contribution in [0.25, 0.3) is 0 Å². The number of hydrogen-bond donors (Lipinski definition) is 1. The number of amides is 1. The number of rotatable bonds is 9. The second kappa shape index (κ2) is 10.5. The van der Waals surface area contributed by atoms with Gasteiger partial charge in [0.1, 0.15) is 12.3 Å². The van der Waals surface area contributed by atoms with Crippen LogP contribution < -0.4 is 14.4 Å². The maximum Gasteiger partial charge on any atom is 0.264 e. The molecule has 1 atom stereocenters. The van der Waals surface area contributed by atoms with Crippen molar-refractivity contribution in [3.8, 4) is 5.75 Å². The van der Waals surface area contributed by atoms with Gasteiger partial charge in [-0.15, -0.1) is 0 Å². The average Bonchev–Trinajstić information content (AvgIpc) is 2.82. The summed E-state index contributed by atoms with van der Waals surface area (Å²) in [4.78, 5) is 13.2. The third-order valence-electron chi connectivity index (χ3n) is 5.44. The molecule has 10 heteroatoms. The first kappa shape index (κ1) is 26.2. The number of sulfone groups is 1. The van der Waals surface area contributed by atoms with Crippen molar-refractivity contribution in [3.63, 3.8) is 0 Å². The largest absolute Gasteiger partial charge is 0.497 e. The first-order valence-electron chi connectivity index (χ1n) is 10.7. The van der Waals surface area contributed by atoms with Crippen molar-refractivity contribution in [3.05, 3.63) is 83.9 Å². The summed E-state index contributed by atoms with van der Waals surface area (Å²) in [6, 6.07) is 18.5. The molecule has 0 spiro atoms. The molecule has 0 aromatic heterocycles. The fraction of sp³-hybridized carbons (Fsp3) is 0.240. The lowest BCUT2D eigenvalue weighted by molar-refractivity contribution is -0.120. The summed E-state index contributed by atoms with van der Waals surface area (Å²) in [5, 5.41) is 2.79. The Morgan fingerprint density at radius 1 is 0.886 bits per heavy atom. The van der Waals surface area contributed by atoms with Crippen molar-refractivity contribution < 1.29 is 26.4 Å². The van der Waals surface area contributed by atoms with Crippen molar-refractivity contribution >= 4 is 31.5 Å². The zero-order valence-corrected chi connectivity index (χ0v) is 21.6. The molecule has 0 saturated carbocycles. The Kier molecular flexibility index (Phi) is 7.86. The molecule has 1 N–H and O–H groups in total. The highest BCUT2D eigenvalue weighted by Gasteiger charge is 2.28. The standard InChI is InChI=1S/C25H28N2O6S2/c1-18-5-13-24(14-6-18)35(31,32)27(21-9-11-22(33-3)12-10-21)17-25(28)26-19(2)20-7-15-23(16-8-20)34(4,29)30/h5-16,19H,17H2,1-4H3,(H,26,28)/t19-/m1/s1. The molecule has 0 aliphatic rings. The van der Waals surface area contributed by atoms with E-state index in [1.807, 2.05) is 6.92 Å². The molecule has 3 aromatic carbocycles. The number of carbonyl (C=O) groups excluding carboxylic acids is 1. The zero-order valence-electron chi connectivity index (χ0n) is 19.9. The molecule has 0 heterocycles. The molecule has 35 heavy (non-hydrogen) atoms. The van der Waals surface area contributed by atoms with Gasteiger partial charge in [-0.05, 0) is 67.9 Å². The maximum atomic E-state index is 13.5. The minimum absolute atomic E-state index is 0.0659. The van der Waals surface area contributed by atoms with Crippen LogP contribution in [0, 0.1) is 6.92 Å². The predicted molar refractivity (Wildman–Crippen MR) is 135 cm³/mol. The van der Waals surface area contributed by atoms with Gasteiger partial charge in [0.05, 0.1) is 28.6 Å². The van der Waals surface area contributed by atoms with Crippen LogP contribution in [0.2, 0.25) is 0 Å². The first-order chi connectivity index (χ1) is 16.4. The summed E-state index contributed by atoms with van der Waals surface area (Å²) in [6.45, 7) is 3.14. The monoisotopic (exact) mass is 516 g/mol. The van der Waals surface area contributed by atoms with E-state index < -0.39 is 38.4 Å². The van der Waals surface area contributed by atoms with E-state index in [1.165, 1.54) is 31.4 Å². The number of sulfonamides is 1. The fourth-order valence-electron chi connectivity index (χ4n) is 3.41. The van der Waals surface area contributed by atoms with Gasteiger partial charge in [-0.3, -0.25) is 9.10 Å². The lowest BCUT2D eigenvalue weighted by Gasteiger charge is -2.25. The molecule has 0 radical (unpaired) electrons. The van der Waals surface area contributed by atoms with E-state index in [1.54, 1.807) is 55.5 Å². The van der Waals surface area contributed by atoms with Gasteiger partial charge < -0.3 is 10.1 Å².